The molecule has 2 aromatic rings. The second kappa shape index (κ2) is 6.53. The van der Waals surface area contributed by atoms with Crippen molar-refractivity contribution < 1.29 is 0 Å². The predicted octanol–water partition coefficient (Wildman–Crippen LogP) is 2.54. The number of hydrogen-bond acceptors (Lipinski definition) is 5. The predicted molar refractivity (Wildman–Crippen MR) is 80.5 cm³/mol. The Morgan fingerprint density at radius 3 is 2.65 bits per heavy atom. The molecule has 1 N–H and O–H groups in total. The van der Waals surface area contributed by atoms with Crippen LogP contribution in [0.1, 0.15) is 6.42 Å². The number of hydrogen-bond donors (Lipinski definition) is 1. The summed E-state index contributed by atoms with van der Waals surface area (Å²) >= 11 is 0. The molecule has 0 aliphatic heterocycles. The Balaban J connectivity index is 2.37. The maximum Gasteiger partial charge on any atom is 0.163 e. The number of aromatic nitrogens is 2. The van der Waals surface area contributed by atoms with E-state index in [4.69, 9.17) is 5.26 Å². The van der Waals surface area contributed by atoms with Crippen molar-refractivity contribution >= 4 is 11.6 Å². The summed E-state index contributed by atoms with van der Waals surface area (Å²) < 4.78 is 0. The fourth-order valence-corrected chi connectivity index (χ4v) is 1.81. The zero-order valence-electron chi connectivity index (χ0n) is 11.7. The van der Waals surface area contributed by atoms with Crippen LogP contribution < -0.4 is 10.2 Å². The summed E-state index contributed by atoms with van der Waals surface area (Å²) in [5.74, 6) is 2.24. The van der Waals surface area contributed by atoms with E-state index in [9.17, 15) is 0 Å². The van der Waals surface area contributed by atoms with Crippen molar-refractivity contribution in [2.45, 2.75) is 6.42 Å². The first-order valence-corrected chi connectivity index (χ1v) is 6.45. The molecule has 1 aromatic heterocycles. The lowest BCUT2D eigenvalue weighted by atomic mass is 10.2. The number of nitrogens with one attached hydrogen (secondary N) is 1. The highest BCUT2D eigenvalue weighted by Crippen LogP contribution is 2.21. The first kappa shape index (κ1) is 13.8. The quantitative estimate of drug-likeness (QED) is 0.901. The van der Waals surface area contributed by atoms with E-state index in [0.717, 1.165) is 17.2 Å². The summed E-state index contributed by atoms with van der Waals surface area (Å²) in [5.41, 5.74) is 0.972. The van der Waals surface area contributed by atoms with Crippen LogP contribution in [0.3, 0.4) is 0 Å². The standard InChI is InChI=1S/C15H17N5/c1-17-13-11-14(20(2)10-6-9-16)19-15(18-13)12-7-4-3-5-8-12/h3-5,7-8,11H,6,10H2,1-2H3,(H,17,18,19). The van der Waals surface area contributed by atoms with Crippen LogP contribution in [0, 0.1) is 11.3 Å². The van der Waals surface area contributed by atoms with Crippen molar-refractivity contribution in [1.82, 2.24) is 9.97 Å². The van der Waals surface area contributed by atoms with Crippen molar-refractivity contribution in [3.63, 3.8) is 0 Å². The first-order valence-electron chi connectivity index (χ1n) is 6.45. The first-order chi connectivity index (χ1) is 9.74. The van der Waals surface area contributed by atoms with Gasteiger partial charge in [-0.25, -0.2) is 9.97 Å². The van der Waals surface area contributed by atoms with Crippen molar-refractivity contribution in [3.8, 4) is 17.5 Å². The molecule has 0 fully saturated rings. The fourth-order valence-electron chi connectivity index (χ4n) is 1.81. The van der Waals surface area contributed by atoms with E-state index in [1.807, 2.05) is 55.4 Å². The lowest BCUT2D eigenvalue weighted by Crippen LogP contribution is -2.20. The Hall–Kier alpha value is -2.61. The van der Waals surface area contributed by atoms with Crippen LogP contribution in [0.15, 0.2) is 36.4 Å². The van der Waals surface area contributed by atoms with Crippen LogP contribution in [0.2, 0.25) is 0 Å². The third-order valence-corrected chi connectivity index (χ3v) is 2.95. The van der Waals surface area contributed by atoms with Crippen molar-refractivity contribution in [1.29, 1.82) is 5.26 Å². The van der Waals surface area contributed by atoms with Crippen LogP contribution in [0.25, 0.3) is 11.4 Å². The molecule has 5 nitrogen and oxygen atoms in total. The maximum atomic E-state index is 8.67. The minimum Gasteiger partial charge on any atom is -0.373 e. The van der Waals surface area contributed by atoms with Gasteiger partial charge in [0.1, 0.15) is 11.6 Å². The van der Waals surface area contributed by atoms with E-state index in [0.29, 0.717) is 18.8 Å². The van der Waals surface area contributed by atoms with E-state index in [-0.39, 0.29) is 0 Å². The normalized spacial score (nSPS) is 9.85. The summed E-state index contributed by atoms with van der Waals surface area (Å²) in [6.45, 7) is 0.644. The highest BCUT2D eigenvalue weighted by molar-refractivity contribution is 5.61. The molecule has 0 spiro atoms. The molecule has 0 saturated heterocycles. The van der Waals surface area contributed by atoms with Gasteiger partial charge in [-0.05, 0) is 0 Å². The molecular formula is C15H17N5. The largest absolute Gasteiger partial charge is 0.373 e. The van der Waals surface area contributed by atoms with Crippen LogP contribution in [-0.2, 0) is 0 Å². The fraction of sp³-hybridized carbons (Fsp3) is 0.267. The Morgan fingerprint density at radius 2 is 2.00 bits per heavy atom. The molecule has 5 heteroatoms. The Bertz CT molecular complexity index is 603. The molecule has 0 aliphatic carbocycles. The molecule has 0 unspecified atom stereocenters. The number of anilines is 2. The molecule has 0 amide bonds. The Labute approximate surface area is 118 Å². The van der Waals surface area contributed by atoms with Gasteiger partial charge in [0.25, 0.3) is 0 Å². The van der Waals surface area contributed by atoms with Gasteiger partial charge in [-0.2, -0.15) is 5.26 Å². The van der Waals surface area contributed by atoms with Gasteiger partial charge in [-0.3, -0.25) is 0 Å². The smallest absolute Gasteiger partial charge is 0.163 e. The molecule has 0 bridgehead atoms. The van der Waals surface area contributed by atoms with Gasteiger partial charge in [0.2, 0.25) is 0 Å². The molecule has 0 radical (unpaired) electrons. The zero-order chi connectivity index (χ0) is 14.4. The SMILES string of the molecule is CNc1cc(N(C)CCC#N)nc(-c2ccccc2)n1. The Kier molecular flexibility index (Phi) is 4.51. The summed E-state index contributed by atoms with van der Waals surface area (Å²) in [5, 5.41) is 11.7. The minimum atomic E-state index is 0.468. The van der Waals surface area contributed by atoms with Gasteiger partial charge < -0.3 is 10.2 Å². The summed E-state index contributed by atoms with van der Waals surface area (Å²) in [7, 11) is 3.75. The molecular weight excluding hydrogens is 250 g/mol. The van der Waals surface area contributed by atoms with Crippen molar-refractivity contribution in [3.05, 3.63) is 36.4 Å². The van der Waals surface area contributed by atoms with Crippen LogP contribution in [0.4, 0.5) is 11.6 Å². The number of nitriles is 1. The topological polar surface area (TPSA) is 64.8 Å². The van der Waals surface area contributed by atoms with Gasteiger partial charge in [0.15, 0.2) is 5.82 Å². The summed E-state index contributed by atoms with van der Waals surface area (Å²) in [4.78, 5) is 11.0. The van der Waals surface area contributed by atoms with Gasteiger partial charge in [-0.1, -0.05) is 30.3 Å². The van der Waals surface area contributed by atoms with Gasteiger partial charge in [0.05, 0.1) is 12.5 Å². The molecule has 1 aromatic carbocycles. The van der Waals surface area contributed by atoms with Gasteiger partial charge in [-0.15, -0.1) is 0 Å². The van der Waals surface area contributed by atoms with Crippen molar-refractivity contribution in [2.24, 2.45) is 0 Å². The lowest BCUT2D eigenvalue weighted by molar-refractivity contribution is 0.881. The third kappa shape index (κ3) is 3.23. The monoisotopic (exact) mass is 267 g/mol. The number of rotatable bonds is 5. The van der Waals surface area contributed by atoms with Gasteiger partial charge >= 0.3 is 0 Å². The van der Waals surface area contributed by atoms with Gasteiger partial charge in [0, 0.05) is 32.3 Å². The van der Waals surface area contributed by atoms with E-state index in [2.05, 4.69) is 21.4 Å². The number of nitrogens with zero attached hydrogens (tertiary/aromatic N) is 4. The average Bonchev–Trinajstić information content (AvgIpc) is 2.52. The number of benzene rings is 1. The maximum absolute atomic E-state index is 8.67. The summed E-state index contributed by atoms with van der Waals surface area (Å²) in [6.07, 6.45) is 0.468. The van der Waals surface area contributed by atoms with E-state index in [1.54, 1.807) is 0 Å². The minimum absolute atomic E-state index is 0.468. The van der Waals surface area contributed by atoms with E-state index < -0.39 is 0 Å². The van der Waals surface area contributed by atoms with Crippen LogP contribution in [0.5, 0.6) is 0 Å². The second-order valence-corrected chi connectivity index (χ2v) is 4.38. The molecule has 0 aliphatic rings. The average molecular weight is 267 g/mol. The lowest BCUT2D eigenvalue weighted by Gasteiger charge is -2.18. The highest BCUT2D eigenvalue weighted by Gasteiger charge is 2.09. The molecule has 20 heavy (non-hydrogen) atoms. The highest BCUT2D eigenvalue weighted by atomic mass is 15.2. The van der Waals surface area contributed by atoms with Crippen molar-refractivity contribution in [2.75, 3.05) is 30.9 Å². The summed E-state index contributed by atoms with van der Waals surface area (Å²) in [6, 6.07) is 13.9. The Morgan fingerprint density at radius 1 is 1.25 bits per heavy atom. The van der Waals surface area contributed by atoms with Crippen LogP contribution >= 0.6 is 0 Å². The van der Waals surface area contributed by atoms with E-state index in [1.165, 1.54) is 0 Å². The molecule has 1 heterocycles. The van der Waals surface area contributed by atoms with E-state index >= 15 is 0 Å². The zero-order valence-corrected chi connectivity index (χ0v) is 11.7. The van der Waals surface area contributed by atoms with Crippen LogP contribution in [-0.4, -0.2) is 30.6 Å². The molecule has 102 valence electrons. The molecule has 0 atom stereocenters. The second-order valence-electron chi connectivity index (χ2n) is 4.38. The molecule has 0 saturated carbocycles. The third-order valence-electron chi connectivity index (χ3n) is 2.95. The molecule has 2 rings (SSSR count).